The Kier molecular flexibility index (Phi) is 4.65. The number of benzene rings is 1. The lowest BCUT2D eigenvalue weighted by Crippen LogP contribution is -2.35. The van der Waals surface area contributed by atoms with Crippen molar-refractivity contribution in [2.45, 2.75) is 31.8 Å². The predicted molar refractivity (Wildman–Crippen MR) is 95.1 cm³/mol. The highest BCUT2D eigenvalue weighted by molar-refractivity contribution is 6.06. The quantitative estimate of drug-likeness (QED) is 0.859. The summed E-state index contributed by atoms with van der Waals surface area (Å²) in [6, 6.07) is 11.7. The number of ether oxygens (including phenoxy) is 2. The normalized spacial score (nSPS) is 19.5. The summed E-state index contributed by atoms with van der Waals surface area (Å²) in [6.07, 6.45) is 5.89. The van der Waals surface area contributed by atoms with Gasteiger partial charge in [0.1, 0.15) is 6.61 Å². The van der Waals surface area contributed by atoms with Gasteiger partial charge in [-0.2, -0.15) is 0 Å². The third kappa shape index (κ3) is 3.51. The maximum absolute atomic E-state index is 12.9. The van der Waals surface area contributed by atoms with Gasteiger partial charge in [-0.3, -0.25) is 4.79 Å². The van der Waals surface area contributed by atoms with E-state index in [-0.39, 0.29) is 12.0 Å². The number of carbonyl (C=O) groups is 1. The fraction of sp³-hybridized carbons (Fsp3) is 0.400. The van der Waals surface area contributed by atoms with Gasteiger partial charge in [0.15, 0.2) is 0 Å². The molecule has 0 N–H and O–H groups in total. The van der Waals surface area contributed by atoms with Gasteiger partial charge in [0.05, 0.1) is 11.7 Å². The van der Waals surface area contributed by atoms with Crippen LogP contribution in [-0.2, 0) is 11.2 Å². The summed E-state index contributed by atoms with van der Waals surface area (Å²) in [5, 5.41) is 0. The van der Waals surface area contributed by atoms with Gasteiger partial charge >= 0.3 is 0 Å². The SMILES string of the molecule is O=C(c1ccc(OCC2CCCO2)nc1)N1CCCc2ccccc21. The largest absolute Gasteiger partial charge is 0.475 e. The van der Waals surface area contributed by atoms with Crippen molar-refractivity contribution in [3.8, 4) is 5.88 Å². The second-order valence-electron chi connectivity index (χ2n) is 6.52. The van der Waals surface area contributed by atoms with E-state index < -0.39 is 0 Å². The van der Waals surface area contributed by atoms with Gasteiger partial charge in [0.2, 0.25) is 5.88 Å². The van der Waals surface area contributed by atoms with Crippen LogP contribution in [0.2, 0.25) is 0 Å². The zero-order valence-electron chi connectivity index (χ0n) is 14.2. The summed E-state index contributed by atoms with van der Waals surface area (Å²) < 4.78 is 11.2. The van der Waals surface area contributed by atoms with Crippen molar-refractivity contribution in [3.63, 3.8) is 0 Å². The minimum absolute atomic E-state index is 0.00896. The number of nitrogens with zero attached hydrogens (tertiary/aromatic N) is 2. The average Bonchev–Trinajstić information content (AvgIpc) is 3.19. The molecule has 1 aromatic carbocycles. The second kappa shape index (κ2) is 7.23. The van der Waals surface area contributed by atoms with E-state index in [1.54, 1.807) is 18.3 Å². The highest BCUT2D eigenvalue weighted by Crippen LogP contribution is 2.28. The van der Waals surface area contributed by atoms with Crippen LogP contribution in [0.3, 0.4) is 0 Å². The number of pyridine rings is 1. The first-order chi connectivity index (χ1) is 12.3. The zero-order valence-corrected chi connectivity index (χ0v) is 14.2. The number of para-hydroxylation sites is 1. The molecule has 2 aliphatic rings. The lowest BCUT2D eigenvalue weighted by atomic mass is 10.0. The van der Waals surface area contributed by atoms with Gasteiger partial charge in [-0.1, -0.05) is 18.2 Å². The van der Waals surface area contributed by atoms with E-state index in [4.69, 9.17) is 9.47 Å². The molecule has 0 saturated carbocycles. The summed E-state index contributed by atoms with van der Waals surface area (Å²) in [6.45, 7) is 2.07. The van der Waals surface area contributed by atoms with E-state index in [0.717, 1.165) is 44.5 Å². The Bertz CT molecular complexity index is 739. The smallest absolute Gasteiger partial charge is 0.259 e. The monoisotopic (exact) mass is 338 g/mol. The minimum atomic E-state index is -0.00896. The standard InChI is InChI=1S/C20H22N2O3/c23-20(22-11-3-6-15-5-1-2-8-18(15)22)16-9-10-19(21-13-16)25-14-17-7-4-12-24-17/h1-2,5,8-10,13,17H,3-4,6-7,11-12,14H2. The molecule has 1 saturated heterocycles. The van der Waals surface area contributed by atoms with Crippen LogP contribution in [0.15, 0.2) is 42.6 Å². The molecule has 2 aliphatic heterocycles. The summed E-state index contributed by atoms with van der Waals surface area (Å²) in [7, 11) is 0. The molecule has 3 heterocycles. The Morgan fingerprint density at radius 2 is 2.16 bits per heavy atom. The third-order valence-corrected chi connectivity index (χ3v) is 4.78. The summed E-state index contributed by atoms with van der Waals surface area (Å²) in [5.41, 5.74) is 2.82. The van der Waals surface area contributed by atoms with Crippen molar-refractivity contribution in [3.05, 3.63) is 53.7 Å². The van der Waals surface area contributed by atoms with Crippen molar-refractivity contribution >= 4 is 11.6 Å². The summed E-state index contributed by atoms with van der Waals surface area (Å²) >= 11 is 0. The fourth-order valence-electron chi connectivity index (χ4n) is 3.45. The molecule has 1 unspecified atom stereocenters. The lowest BCUT2D eigenvalue weighted by molar-refractivity contribution is 0.0663. The van der Waals surface area contributed by atoms with Crippen LogP contribution in [0.25, 0.3) is 0 Å². The Morgan fingerprint density at radius 3 is 2.96 bits per heavy atom. The first-order valence-electron chi connectivity index (χ1n) is 8.91. The molecule has 2 aromatic rings. The molecule has 25 heavy (non-hydrogen) atoms. The molecule has 1 fully saturated rings. The van der Waals surface area contributed by atoms with Crippen molar-refractivity contribution < 1.29 is 14.3 Å². The van der Waals surface area contributed by atoms with Gasteiger partial charge in [-0.15, -0.1) is 0 Å². The first kappa shape index (κ1) is 16.1. The topological polar surface area (TPSA) is 51.7 Å². The second-order valence-corrected chi connectivity index (χ2v) is 6.52. The van der Waals surface area contributed by atoms with Crippen LogP contribution in [0, 0.1) is 0 Å². The van der Waals surface area contributed by atoms with Crippen molar-refractivity contribution in [2.75, 3.05) is 24.7 Å². The molecule has 5 heteroatoms. The van der Waals surface area contributed by atoms with Crippen molar-refractivity contribution in [1.82, 2.24) is 4.98 Å². The maximum Gasteiger partial charge on any atom is 0.259 e. The van der Waals surface area contributed by atoms with Crippen molar-refractivity contribution in [2.24, 2.45) is 0 Å². The summed E-state index contributed by atoms with van der Waals surface area (Å²) in [4.78, 5) is 19.0. The fourth-order valence-corrected chi connectivity index (χ4v) is 3.45. The number of carbonyl (C=O) groups excluding carboxylic acids is 1. The van der Waals surface area contributed by atoms with Crippen LogP contribution in [0.4, 0.5) is 5.69 Å². The van der Waals surface area contributed by atoms with Crippen LogP contribution in [-0.4, -0.2) is 36.8 Å². The molecule has 1 aromatic heterocycles. The Hall–Kier alpha value is -2.40. The van der Waals surface area contributed by atoms with E-state index in [1.165, 1.54) is 5.56 Å². The van der Waals surface area contributed by atoms with Gasteiger partial charge in [0.25, 0.3) is 5.91 Å². The highest BCUT2D eigenvalue weighted by atomic mass is 16.5. The van der Waals surface area contributed by atoms with Crippen molar-refractivity contribution in [1.29, 1.82) is 0 Å². The number of rotatable bonds is 4. The molecule has 0 radical (unpaired) electrons. The number of anilines is 1. The lowest BCUT2D eigenvalue weighted by Gasteiger charge is -2.29. The average molecular weight is 338 g/mol. The number of fused-ring (bicyclic) bond motifs is 1. The van der Waals surface area contributed by atoms with Gasteiger partial charge in [-0.25, -0.2) is 4.98 Å². The Balaban J connectivity index is 1.44. The van der Waals surface area contributed by atoms with Gasteiger partial charge in [-0.05, 0) is 43.4 Å². The number of aryl methyl sites for hydroxylation is 1. The molecule has 4 rings (SSSR count). The summed E-state index contributed by atoms with van der Waals surface area (Å²) in [5.74, 6) is 0.524. The van der Waals surface area contributed by atoms with Crippen LogP contribution < -0.4 is 9.64 Å². The van der Waals surface area contributed by atoms with Gasteiger partial charge < -0.3 is 14.4 Å². The maximum atomic E-state index is 12.9. The Morgan fingerprint density at radius 1 is 1.24 bits per heavy atom. The van der Waals surface area contributed by atoms with Crippen LogP contribution in [0.1, 0.15) is 35.2 Å². The van der Waals surface area contributed by atoms with Crippen LogP contribution in [0.5, 0.6) is 5.88 Å². The molecular formula is C20H22N2O3. The molecule has 1 amide bonds. The number of hydrogen-bond donors (Lipinski definition) is 0. The molecule has 0 bridgehead atoms. The number of aromatic nitrogens is 1. The van der Waals surface area contributed by atoms with E-state index in [2.05, 4.69) is 11.1 Å². The molecule has 0 aliphatic carbocycles. The molecule has 130 valence electrons. The number of amides is 1. The third-order valence-electron chi connectivity index (χ3n) is 4.78. The molecule has 5 nitrogen and oxygen atoms in total. The molecular weight excluding hydrogens is 316 g/mol. The van der Waals surface area contributed by atoms with Gasteiger partial charge in [0, 0.05) is 31.1 Å². The highest BCUT2D eigenvalue weighted by Gasteiger charge is 2.23. The predicted octanol–water partition coefficient (Wildman–Crippen LogP) is 3.23. The molecule has 0 spiro atoms. The van der Waals surface area contributed by atoms with Crippen LogP contribution >= 0.6 is 0 Å². The minimum Gasteiger partial charge on any atom is -0.475 e. The number of hydrogen-bond acceptors (Lipinski definition) is 4. The Labute approximate surface area is 147 Å². The van der Waals surface area contributed by atoms with E-state index in [1.807, 2.05) is 23.1 Å². The van der Waals surface area contributed by atoms with E-state index in [9.17, 15) is 4.79 Å². The van der Waals surface area contributed by atoms with E-state index >= 15 is 0 Å². The van der Waals surface area contributed by atoms with E-state index in [0.29, 0.717) is 18.1 Å². The first-order valence-corrected chi connectivity index (χ1v) is 8.91. The molecule has 1 atom stereocenters. The zero-order chi connectivity index (χ0) is 17.1.